The van der Waals surface area contributed by atoms with Crippen LogP contribution in [0.5, 0.6) is 0 Å². The Hall–Kier alpha value is -1.10. The van der Waals surface area contributed by atoms with E-state index in [0.717, 1.165) is 5.69 Å². The molecule has 1 atom stereocenters. The molecule has 4 nitrogen and oxygen atoms in total. The lowest BCUT2D eigenvalue weighted by molar-refractivity contribution is -0.120. The second kappa shape index (κ2) is 4.95. The largest absolute Gasteiger partial charge is 0.350 e. The number of nitrogens with zero attached hydrogens (tertiary/aromatic N) is 2. The van der Waals surface area contributed by atoms with Crippen LogP contribution in [-0.4, -0.2) is 21.1 Å². The molecule has 0 spiro atoms. The highest BCUT2D eigenvalue weighted by Gasteiger charge is 2.06. The molecule has 1 unspecified atom stereocenters. The highest BCUT2D eigenvalue weighted by molar-refractivity contribution is 7.81. The molecule has 1 aromatic rings. The molecule has 76 valence electrons. The molecule has 0 radical (unpaired) electrons. The summed E-state index contributed by atoms with van der Waals surface area (Å²) in [6, 6.07) is 1.77. The molecule has 0 aliphatic carbocycles. The number of thiol groups is 1. The Kier molecular flexibility index (Phi) is 3.88. The number of carbonyl (C=O) groups excluding carboxylic acids is 1. The number of nitrogens with one attached hydrogen (secondary N) is 1. The van der Waals surface area contributed by atoms with Gasteiger partial charge in [0.15, 0.2) is 0 Å². The Balaban J connectivity index is 2.50. The zero-order valence-electron chi connectivity index (χ0n) is 8.19. The normalized spacial score (nSPS) is 12.2. The summed E-state index contributed by atoms with van der Waals surface area (Å²) in [5.74, 6) is 0.611. The summed E-state index contributed by atoms with van der Waals surface area (Å²) in [7, 11) is 0. The smallest absolute Gasteiger partial charge is 0.232 e. The van der Waals surface area contributed by atoms with E-state index < -0.39 is 0 Å². The first kappa shape index (κ1) is 11.0. The Morgan fingerprint density at radius 1 is 1.71 bits per heavy atom. The number of hydrogen-bond donors (Lipinski definition) is 2. The fourth-order valence-corrected chi connectivity index (χ4v) is 1.02. The monoisotopic (exact) mass is 211 g/mol. The summed E-state index contributed by atoms with van der Waals surface area (Å²) < 4.78 is 0. The maximum Gasteiger partial charge on any atom is 0.232 e. The van der Waals surface area contributed by atoms with Crippen LogP contribution in [0.1, 0.15) is 18.4 Å². The van der Waals surface area contributed by atoms with E-state index >= 15 is 0 Å². The quantitative estimate of drug-likeness (QED) is 0.724. The van der Waals surface area contributed by atoms with Crippen molar-refractivity contribution in [2.24, 2.45) is 0 Å². The molecule has 0 saturated heterocycles. The second-order valence-corrected chi connectivity index (χ2v) is 3.76. The van der Waals surface area contributed by atoms with Gasteiger partial charge in [-0.15, -0.1) is 0 Å². The molecule has 14 heavy (non-hydrogen) atoms. The average Bonchev–Trinajstić information content (AvgIpc) is 2.14. The summed E-state index contributed by atoms with van der Waals surface area (Å²) in [4.78, 5) is 19.3. The van der Waals surface area contributed by atoms with Crippen molar-refractivity contribution in [1.29, 1.82) is 0 Å². The number of aromatic nitrogens is 2. The summed E-state index contributed by atoms with van der Waals surface area (Å²) in [5.41, 5.74) is 0.805. The molecule has 1 aromatic heterocycles. The first-order valence-electron chi connectivity index (χ1n) is 4.34. The third-order valence-corrected chi connectivity index (χ3v) is 1.89. The van der Waals surface area contributed by atoms with E-state index in [1.54, 1.807) is 19.2 Å². The van der Waals surface area contributed by atoms with Crippen molar-refractivity contribution < 1.29 is 4.79 Å². The number of amides is 1. The van der Waals surface area contributed by atoms with Crippen LogP contribution in [0.2, 0.25) is 0 Å². The van der Waals surface area contributed by atoms with Crippen LogP contribution < -0.4 is 5.32 Å². The summed E-state index contributed by atoms with van der Waals surface area (Å²) in [5, 5.41) is 2.43. The highest BCUT2D eigenvalue weighted by atomic mass is 32.1. The van der Waals surface area contributed by atoms with Gasteiger partial charge in [-0.25, -0.2) is 9.97 Å². The lowest BCUT2D eigenvalue weighted by Gasteiger charge is -2.06. The summed E-state index contributed by atoms with van der Waals surface area (Å²) in [6.07, 6.45) is 1.67. The van der Waals surface area contributed by atoms with Gasteiger partial charge < -0.3 is 5.32 Å². The molecular formula is C9H13N3OS. The van der Waals surface area contributed by atoms with Gasteiger partial charge in [0.1, 0.15) is 5.82 Å². The molecule has 5 heteroatoms. The average molecular weight is 211 g/mol. The Morgan fingerprint density at radius 3 is 3.00 bits per heavy atom. The van der Waals surface area contributed by atoms with Gasteiger partial charge in [-0.1, -0.05) is 0 Å². The third-order valence-electron chi connectivity index (χ3n) is 1.66. The minimum atomic E-state index is -0.294. The van der Waals surface area contributed by atoms with E-state index in [0.29, 0.717) is 12.4 Å². The van der Waals surface area contributed by atoms with Crippen LogP contribution in [-0.2, 0) is 11.3 Å². The number of rotatable bonds is 3. The Labute approximate surface area is 88.6 Å². The summed E-state index contributed by atoms with van der Waals surface area (Å²) in [6.45, 7) is 3.96. The molecule has 0 aliphatic rings. The third kappa shape index (κ3) is 3.33. The zero-order valence-corrected chi connectivity index (χ0v) is 9.08. The molecule has 0 fully saturated rings. The number of carbonyl (C=O) groups is 1. The Bertz CT molecular complexity index is 328. The van der Waals surface area contributed by atoms with Crippen LogP contribution >= 0.6 is 12.6 Å². The first-order chi connectivity index (χ1) is 6.59. The maximum absolute atomic E-state index is 11.2. The first-order valence-corrected chi connectivity index (χ1v) is 4.85. The van der Waals surface area contributed by atoms with E-state index in [2.05, 4.69) is 27.9 Å². The minimum absolute atomic E-state index is 0.0930. The van der Waals surface area contributed by atoms with E-state index in [9.17, 15) is 4.79 Å². The highest BCUT2D eigenvalue weighted by Crippen LogP contribution is 1.96. The van der Waals surface area contributed by atoms with Crippen molar-refractivity contribution in [2.45, 2.75) is 25.6 Å². The Morgan fingerprint density at radius 2 is 2.43 bits per heavy atom. The van der Waals surface area contributed by atoms with Gasteiger partial charge in [0.05, 0.1) is 17.5 Å². The van der Waals surface area contributed by atoms with Crippen LogP contribution in [0.4, 0.5) is 0 Å². The molecule has 0 saturated carbocycles. The van der Waals surface area contributed by atoms with Gasteiger partial charge in [-0.2, -0.15) is 12.6 Å². The van der Waals surface area contributed by atoms with Crippen molar-refractivity contribution in [2.75, 3.05) is 0 Å². The SMILES string of the molecule is Cc1nccc(CNC(=O)C(C)S)n1. The maximum atomic E-state index is 11.2. The van der Waals surface area contributed by atoms with Gasteiger partial charge in [-0.3, -0.25) is 4.79 Å². The molecular weight excluding hydrogens is 198 g/mol. The van der Waals surface area contributed by atoms with Gasteiger partial charge in [0, 0.05) is 6.20 Å². The van der Waals surface area contributed by atoms with Crippen LogP contribution in [0.3, 0.4) is 0 Å². The predicted molar refractivity (Wildman–Crippen MR) is 57.1 cm³/mol. The minimum Gasteiger partial charge on any atom is -0.350 e. The fourth-order valence-electron chi connectivity index (χ4n) is 0.929. The molecule has 1 amide bonds. The molecule has 1 heterocycles. The van der Waals surface area contributed by atoms with Gasteiger partial charge >= 0.3 is 0 Å². The van der Waals surface area contributed by atoms with Crippen LogP contribution in [0.25, 0.3) is 0 Å². The molecule has 1 rings (SSSR count). The van der Waals surface area contributed by atoms with E-state index in [-0.39, 0.29) is 11.2 Å². The van der Waals surface area contributed by atoms with Crippen molar-refractivity contribution in [3.8, 4) is 0 Å². The van der Waals surface area contributed by atoms with Crippen LogP contribution in [0.15, 0.2) is 12.3 Å². The molecule has 0 bridgehead atoms. The van der Waals surface area contributed by atoms with E-state index in [1.807, 2.05) is 6.92 Å². The van der Waals surface area contributed by atoms with Crippen molar-refractivity contribution in [3.05, 3.63) is 23.8 Å². The van der Waals surface area contributed by atoms with E-state index in [1.165, 1.54) is 0 Å². The van der Waals surface area contributed by atoms with Crippen molar-refractivity contribution >= 4 is 18.5 Å². The van der Waals surface area contributed by atoms with Gasteiger partial charge in [-0.05, 0) is 19.9 Å². The molecule has 0 aromatic carbocycles. The van der Waals surface area contributed by atoms with Gasteiger partial charge in [0.2, 0.25) is 5.91 Å². The van der Waals surface area contributed by atoms with Gasteiger partial charge in [0.25, 0.3) is 0 Å². The van der Waals surface area contributed by atoms with Crippen LogP contribution in [0, 0.1) is 6.92 Å². The summed E-state index contributed by atoms with van der Waals surface area (Å²) >= 11 is 4.01. The fraction of sp³-hybridized carbons (Fsp3) is 0.444. The van der Waals surface area contributed by atoms with Crippen molar-refractivity contribution in [3.63, 3.8) is 0 Å². The lowest BCUT2D eigenvalue weighted by Crippen LogP contribution is -2.29. The number of hydrogen-bond acceptors (Lipinski definition) is 4. The lowest BCUT2D eigenvalue weighted by atomic mass is 10.3. The zero-order chi connectivity index (χ0) is 10.6. The predicted octanol–water partition coefficient (Wildman–Crippen LogP) is 0.720. The molecule has 1 N–H and O–H groups in total. The second-order valence-electron chi connectivity index (χ2n) is 2.99. The molecule has 0 aliphatic heterocycles. The number of aryl methyl sites for hydroxylation is 1. The van der Waals surface area contributed by atoms with Crippen molar-refractivity contribution in [1.82, 2.24) is 15.3 Å². The standard InChI is InChI=1S/C9H13N3OS/c1-6(14)9(13)11-5-8-3-4-10-7(2)12-8/h3-4,6,14H,5H2,1-2H3,(H,11,13). The topological polar surface area (TPSA) is 54.9 Å². The van der Waals surface area contributed by atoms with E-state index in [4.69, 9.17) is 0 Å².